The van der Waals surface area contributed by atoms with Crippen molar-refractivity contribution in [2.75, 3.05) is 19.8 Å². The number of rotatable bonds is 5. The van der Waals surface area contributed by atoms with Gasteiger partial charge in [0.15, 0.2) is 5.60 Å². The standard InChI is InChI=1S/C13H20O8/c1-4-13(18)8(14)12(7-21-11(13)17,9(15)19-5-2)10(16)20-6-3/h8,14,18H,4-7H2,1-3H3. The van der Waals surface area contributed by atoms with Crippen molar-refractivity contribution in [3.8, 4) is 0 Å². The Balaban J connectivity index is 3.33. The van der Waals surface area contributed by atoms with Crippen LogP contribution in [0.1, 0.15) is 27.2 Å². The van der Waals surface area contributed by atoms with Crippen molar-refractivity contribution >= 4 is 17.9 Å². The topological polar surface area (TPSA) is 119 Å². The van der Waals surface area contributed by atoms with E-state index in [0.717, 1.165) is 0 Å². The predicted octanol–water partition coefficient (Wildman–Crippen LogP) is -0.842. The molecule has 0 spiro atoms. The van der Waals surface area contributed by atoms with Gasteiger partial charge in [-0.3, -0.25) is 9.59 Å². The van der Waals surface area contributed by atoms with E-state index in [1.165, 1.54) is 20.8 Å². The Bertz CT molecular complexity index is 414. The summed E-state index contributed by atoms with van der Waals surface area (Å²) in [6.07, 6.45) is -2.26. The van der Waals surface area contributed by atoms with E-state index in [2.05, 4.69) is 0 Å². The number of ether oxygens (including phenoxy) is 3. The molecule has 1 heterocycles. The molecule has 2 unspecified atom stereocenters. The van der Waals surface area contributed by atoms with Crippen molar-refractivity contribution in [1.82, 2.24) is 0 Å². The first-order chi connectivity index (χ1) is 9.81. The molecule has 2 N–H and O–H groups in total. The average Bonchev–Trinajstić information content (AvgIpc) is 2.45. The first kappa shape index (κ1) is 17.4. The van der Waals surface area contributed by atoms with Crippen LogP contribution in [0.2, 0.25) is 0 Å². The molecule has 0 amide bonds. The second-order valence-corrected chi connectivity index (χ2v) is 4.67. The number of carbonyl (C=O) groups excluding carboxylic acids is 3. The number of carbonyl (C=O) groups is 3. The highest BCUT2D eigenvalue weighted by Gasteiger charge is 2.67. The molecule has 0 aliphatic carbocycles. The fourth-order valence-electron chi connectivity index (χ4n) is 2.18. The summed E-state index contributed by atoms with van der Waals surface area (Å²) < 4.78 is 14.3. The lowest BCUT2D eigenvalue weighted by molar-refractivity contribution is -0.232. The molecule has 1 aliphatic heterocycles. The Labute approximate surface area is 122 Å². The average molecular weight is 304 g/mol. The zero-order valence-electron chi connectivity index (χ0n) is 12.2. The van der Waals surface area contributed by atoms with Crippen molar-refractivity contribution in [3.05, 3.63) is 0 Å². The Morgan fingerprint density at radius 3 is 2.10 bits per heavy atom. The number of hydrogen-bond acceptors (Lipinski definition) is 8. The van der Waals surface area contributed by atoms with Crippen LogP contribution in [-0.4, -0.2) is 59.6 Å². The van der Waals surface area contributed by atoms with Gasteiger partial charge in [-0.05, 0) is 20.3 Å². The van der Waals surface area contributed by atoms with Crippen LogP contribution < -0.4 is 0 Å². The third-order valence-electron chi connectivity index (χ3n) is 3.52. The van der Waals surface area contributed by atoms with Crippen molar-refractivity contribution in [3.63, 3.8) is 0 Å². The largest absolute Gasteiger partial charge is 0.465 e. The fourth-order valence-corrected chi connectivity index (χ4v) is 2.18. The molecule has 0 aromatic heterocycles. The first-order valence-electron chi connectivity index (χ1n) is 6.73. The van der Waals surface area contributed by atoms with Crippen LogP contribution in [0.3, 0.4) is 0 Å². The van der Waals surface area contributed by atoms with Crippen LogP contribution in [0.25, 0.3) is 0 Å². The maximum absolute atomic E-state index is 12.2. The van der Waals surface area contributed by atoms with Gasteiger partial charge in [-0.25, -0.2) is 4.79 Å². The van der Waals surface area contributed by atoms with Gasteiger partial charge in [0.2, 0.25) is 5.41 Å². The maximum Gasteiger partial charge on any atom is 0.340 e. The Hall–Kier alpha value is -1.67. The maximum atomic E-state index is 12.2. The van der Waals surface area contributed by atoms with E-state index in [9.17, 15) is 24.6 Å². The van der Waals surface area contributed by atoms with Crippen LogP contribution in [0.15, 0.2) is 0 Å². The molecule has 0 bridgehead atoms. The highest BCUT2D eigenvalue weighted by molar-refractivity contribution is 6.03. The Kier molecular flexibility index (Phi) is 5.30. The molecule has 0 radical (unpaired) electrons. The first-order valence-corrected chi connectivity index (χ1v) is 6.73. The summed E-state index contributed by atoms with van der Waals surface area (Å²) >= 11 is 0. The van der Waals surface area contributed by atoms with Crippen LogP contribution in [0, 0.1) is 5.41 Å². The van der Waals surface area contributed by atoms with E-state index in [0.29, 0.717) is 0 Å². The van der Waals surface area contributed by atoms with Gasteiger partial charge in [-0.15, -0.1) is 0 Å². The summed E-state index contributed by atoms with van der Waals surface area (Å²) in [5.41, 5.74) is -4.66. The molecular formula is C13H20O8. The van der Waals surface area contributed by atoms with Crippen LogP contribution in [0.5, 0.6) is 0 Å². The smallest absolute Gasteiger partial charge is 0.340 e. The molecule has 21 heavy (non-hydrogen) atoms. The van der Waals surface area contributed by atoms with Crippen molar-refractivity contribution in [2.45, 2.75) is 38.9 Å². The monoisotopic (exact) mass is 304 g/mol. The third kappa shape index (κ3) is 2.60. The second-order valence-electron chi connectivity index (χ2n) is 4.67. The summed E-state index contributed by atoms with van der Waals surface area (Å²) in [5.74, 6) is -3.30. The predicted molar refractivity (Wildman–Crippen MR) is 67.9 cm³/mol. The molecule has 8 nitrogen and oxygen atoms in total. The second kappa shape index (κ2) is 6.40. The van der Waals surface area contributed by atoms with Gasteiger partial charge in [0, 0.05) is 0 Å². The van der Waals surface area contributed by atoms with Crippen molar-refractivity contribution in [1.29, 1.82) is 0 Å². The summed E-state index contributed by atoms with van der Waals surface area (Å²) in [6.45, 7) is 3.61. The molecular weight excluding hydrogens is 284 g/mol. The van der Waals surface area contributed by atoms with E-state index in [4.69, 9.17) is 14.2 Å². The molecule has 0 aromatic carbocycles. The lowest BCUT2D eigenvalue weighted by atomic mass is 9.71. The Morgan fingerprint density at radius 2 is 1.71 bits per heavy atom. The zero-order valence-corrected chi connectivity index (χ0v) is 12.2. The SMILES string of the molecule is CCOC(=O)C1(C(=O)OCC)COC(=O)C(O)(CC)C1O. The molecule has 120 valence electrons. The van der Waals surface area contributed by atoms with E-state index in [1.54, 1.807) is 0 Å². The molecule has 0 aromatic rings. The van der Waals surface area contributed by atoms with E-state index >= 15 is 0 Å². The quantitative estimate of drug-likeness (QED) is 0.383. The minimum atomic E-state index is -2.38. The number of hydrogen-bond donors (Lipinski definition) is 2. The molecule has 1 fully saturated rings. The lowest BCUT2D eigenvalue weighted by Crippen LogP contribution is -2.69. The number of esters is 3. The minimum absolute atomic E-state index is 0.0504. The number of aliphatic hydroxyl groups excluding tert-OH is 1. The van der Waals surface area contributed by atoms with Crippen LogP contribution in [-0.2, 0) is 28.6 Å². The number of cyclic esters (lactones) is 1. The Morgan fingerprint density at radius 1 is 1.24 bits per heavy atom. The molecule has 8 heteroatoms. The van der Waals surface area contributed by atoms with Gasteiger partial charge in [0.25, 0.3) is 0 Å². The van der Waals surface area contributed by atoms with Gasteiger partial charge < -0.3 is 24.4 Å². The minimum Gasteiger partial charge on any atom is -0.465 e. The van der Waals surface area contributed by atoms with Gasteiger partial charge in [0.05, 0.1) is 13.2 Å². The van der Waals surface area contributed by atoms with Gasteiger partial charge in [0.1, 0.15) is 12.7 Å². The third-order valence-corrected chi connectivity index (χ3v) is 3.52. The highest BCUT2D eigenvalue weighted by atomic mass is 16.6. The molecule has 2 atom stereocenters. The summed E-state index contributed by atoms with van der Waals surface area (Å²) in [6, 6.07) is 0. The van der Waals surface area contributed by atoms with Crippen molar-refractivity contribution in [2.24, 2.45) is 5.41 Å². The van der Waals surface area contributed by atoms with E-state index < -0.39 is 41.6 Å². The molecule has 0 saturated carbocycles. The summed E-state index contributed by atoms with van der Waals surface area (Å²) in [4.78, 5) is 36.0. The molecule has 1 aliphatic rings. The zero-order chi connectivity index (χ0) is 16.3. The number of aliphatic hydroxyl groups is 2. The van der Waals surface area contributed by atoms with Gasteiger partial charge >= 0.3 is 17.9 Å². The van der Waals surface area contributed by atoms with Gasteiger partial charge in [-0.2, -0.15) is 0 Å². The molecule has 1 saturated heterocycles. The van der Waals surface area contributed by atoms with Gasteiger partial charge in [-0.1, -0.05) is 6.92 Å². The fraction of sp³-hybridized carbons (Fsp3) is 0.769. The lowest BCUT2D eigenvalue weighted by Gasteiger charge is -2.43. The normalized spacial score (nSPS) is 27.7. The van der Waals surface area contributed by atoms with E-state index in [-0.39, 0.29) is 19.6 Å². The summed E-state index contributed by atoms with van der Waals surface area (Å²) in [7, 11) is 0. The highest BCUT2D eigenvalue weighted by Crippen LogP contribution is 2.39. The molecule has 1 rings (SSSR count). The van der Waals surface area contributed by atoms with Crippen molar-refractivity contribution < 1.29 is 38.8 Å². The van der Waals surface area contributed by atoms with Crippen LogP contribution in [0.4, 0.5) is 0 Å². The summed E-state index contributed by atoms with van der Waals surface area (Å²) in [5, 5.41) is 20.6. The van der Waals surface area contributed by atoms with E-state index in [1.807, 2.05) is 0 Å². The van der Waals surface area contributed by atoms with Crippen LogP contribution >= 0.6 is 0 Å².